The predicted molar refractivity (Wildman–Crippen MR) is 80.7 cm³/mol. The van der Waals surface area contributed by atoms with Gasteiger partial charge in [-0.15, -0.1) is 0 Å². The number of benzene rings is 1. The van der Waals surface area contributed by atoms with Crippen molar-refractivity contribution in [1.82, 2.24) is 10.6 Å². The highest BCUT2D eigenvalue weighted by molar-refractivity contribution is 5.97. The zero-order valence-corrected chi connectivity index (χ0v) is 12.7. The van der Waals surface area contributed by atoms with E-state index in [-0.39, 0.29) is 11.8 Å². The minimum Gasteiger partial charge on any atom is -0.345 e. The van der Waals surface area contributed by atoms with Gasteiger partial charge >= 0.3 is 0 Å². The zero-order chi connectivity index (χ0) is 16.0. The summed E-state index contributed by atoms with van der Waals surface area (Å²) in [5.41, 5.74) is 1.76. The maximum atomic E-state index is 12.0. The summed E-state index contributed by atoms with van der Waals surface area (Å²) < 4.78 is 0. The van der Waals surface area contributed by atoms with Crippen LogP contribution in [0.5, 0.6) is 0 Å². The lowest BCUT2D eigenvalue weighted by Gasteiger charge is -2.17. The number of hydrogen-bond donors (Lipinski definition) is 3. The number of aryl methyl sites for hydroxylation is 1. The Morgan fingerprint density at radius 2 is 1.43 bits per heavy atom. The fourth-order valence-electron chi connectivity index (χ4n) is 1.66. The normalized spacial score (nSPS) is 13.0. The van der Waals surface area contributed by atoms with Gasteiger partial charge in [0.2, 0.25) is 17.7 Å². The van der Waals surface area contributed by atoms with Crippen molar-refractivity contribution in [2.24, 2.45) is 0 Å². The van der Waals surface area contributed by atoms with Crippen LogP contribution in [-0.2, 0) is 14.4 Å². The predicted octanol–water partition coefficient (Wildman–Crippen LogP) is 0.963. The molecule has 0 saturated heterocycles. The quantitative estimate of drug-likeness (QED) is 0.755. The third-order valence-corrected chi connectivity index (χ3v) is 2.88. The summed E-state index contributed by atoms with van der Waals surface area (Å²) in [7, 11) is 0. The van der Waals surface area contributed by atoms with Crippen molar-refractivity contribution in [3.63, 3.8) is 0 Å². The molecule has 0 bridgehead atoms. The van der Waals surface area contributed by atoms with Gasteiger partial charge in [0.1, 0.15) is 12.1 Å². The maximum Gasteiger partial charge on any atom is 0.246 e. The molecule has 1 aromatic carbocycles. The molecule has 2 atom stereocenters. The maximum absolute atomic E-state index is 12.0. The van der Waals surface area contributed by atoms with Gasteiger partial charge in [-0.05, 0) is 32.9 Å². The second-order valence-corrected chi connectivity index (χ2v) is 5.01. The van der Waals surface area contributed by atoms with Crippen molar-refractivity contribution >= 4 is 23.4 Å². The molecule has 1 rings (SSSR count). The Bertz CT molecular complexity index is 525. The summed E-state index contributed by atoms with van der Waals surface area (Å²) in [6.45, 7) is 6.43. The first kappa shape index (κ1) is 16.7. The van der Waals surface area contributed by atoms with Crippen molar-refractivity contribution < 1.29 is 14.4 Å². The van der Waals surface area contributed by atoms with Gasteiger partial charge in [-0.1, -0.05) is 17.7 Å². The average Bonchev–Trinajstić information content (AvgIpc) is 2.40. The topological polar surface area (TPSA) is 87.3 Å². The molecule has 0 heterocycles. The Morgan fingerprint density at radius 1 is 0.905 bits per heavy atom. The van der Waals surface area contributed by atoms with Gasteiger partial charge < -0.3 is 16.0 Å². The van der Waals surface area contributed by atoms with Crippen LogP contribution in [0.2, 0.25) is 0 Å². The third-order valence-electron chi connectivity index (χ3n) is 2.88. The van der Waals surface area contributed by atoms with Crippen LogP contribution in [0, 0.1) is 6.92 Å². The Morgan fingerprint density at radius 3 is 1.95 bits per heavy atom. The van der Waals surface area contributed by atoms with E-state index in [1.54, 1.807) is 26.0 Å². The van der Waals surface area contributed by atoms with Crippen LogP contribution < -0.4 is 16.0 Å². The molecule has 3 N–H and O–H groups in total. The Labute approximate surface area is 124 Å². The Hall–Kier alpha value is -2.37. The van der Waals surface area contributed by atoms with Gasteiger partial charge in [0.15, 0.2) is 0 Å². The van der Waals surface area contributed by atoms with Crippen LogP contribution >= 0.6 is 0 Å². The van der Waals surface area contributed by atoms with Gasteiger partial charge in [-0.2, -0.15) is 0 Å². The Balaban J connectivity index is 2.52. The highest BCUT2D eigenvalue weighted by Crippen LogP contribution is 2.08. The second-order valence-electron chi connectivity index (χ2n) is 5.01. The van der Waals surface area contributed by atoms with Crippen LogP contribution in [0.4, 0.5) is 5.69 Å². The molecule has 21 heavy (non-hydrogen) atoms. The molecular formula is C15H21N3O3. The van der Waals surface area contributed by atoms with Crippen molar-refractivity contribution in [2.75, 3.05) is 5.32 Å². The van der Waals surface area contributed by atoms with Gasteiger partial charge in [0, 0.05) is 12.6 Å². The number of carbonyl (C=O) groups excluding carboxylic acids is 3. The van der Waals surface area contributed by atoms with Gasteiger partial charge in [0.25, 0.3) is 0 Å². The lowest BCUT2D eigenvalue weighted by molar-refractivity contribution is -0.129. The molecular weight excluding hydrogens is 270 g/mol. The van der Waals surface area contributed by atoms with Gasteiger partial charge in [0.05, 0.1) is 0 Å². The highest BCUT2D eigenvalue weighted by atomic mass is 16.2. The van der Waals surface area contributed by atoms with E-state index in [1.807, 2.05) is 19.1 Å². The summed E-state index contributed by atoms with van der Waals surface area (Å²) in [5, 5.41) is 7.72. The van der Waals surface area contributed by atoms with E-state index in [0.717, 1.165) is 5.56 Å². The van der Waals surface area contributed by atoms with Gasteiger partial charge in [-0.25, -0.2) is 0 Å². The highest BCUT2D eigenvalue weighted by Gasteiger charge is 2.20. The molecule has 6 nitrogen and oxygen atoms in total. The van der Waals surface area contributed by atoms with Crippen molar-refractivity contribution in [2.45, 2.75) is 39.8 Å². The first-order valence-corrected chi connectivity index (χ1v) is 6.74. The summed E-state index contributed by atoms with van der Waals surface area (Å²) >= 11 is 0. The minimum absolute atomic E-state index is 0.297. The molecule has 0 aliphatic rings. The molecule has 3 amide bonds. The van der Waals surface area contributed by atoms with E-state index in [9.17, 15) is 14.4 Å². The average molecular weight is 291 g/mol. The number of rotatable bonds is 5. The van der Waals surface area contributed by atoms with E-state index in [2.05, 4.69) is 16.0 Å². The van der Waals surface area contributed by atoms with Crippen molar-refractivity contribution in [3.8, 4) is 0 Å². The fourth-order valence-corrected chi connectivity index (χ4v) is 1.66. The fraction of sp³-hybridized carbons (Fsp3) is 0.400. The van der Waals surface area contributed by atoms with E-state index in [0.29, 0.717) is 5.69 Å². The largest absolute Gasteiger partial charge is 0.345 e. The molecule has 0 aliphatic carbocycles. The summed E-state index contributed by atoms with van der Waals surface area (Å²) in [6, 6.07) is 5.98. The van der Waals surface area contributed by atoms with E-state index < -0.39 is 18.0 Å². The number of hydrogen-bond acceptors (Lipinski definition) is 3. The number of nitrogens with one attached hydrogen (secondary N) is 3. The van der Waals surface area contributed by atoms with Crippen LogP contribution in [0.25, 0.3) is 0 Å². The molecule has 0 saturated carbocycles. The van der Waals surface area contributed by atoms with Gasteiger partial charge in [-0.3, -0.25) is 14.4 Å². The summed E-state index contributed by atoms with van der Waals surface area (Å²) in [4.78, 5) is 34.6. The lowest BCUT2D eigenvalue weighted by Crippen LogP contribution is -2.50. The molecule has 0 spiro atoms. The third kappa shape index (κ3) is 5.64. The number of carbonyl (C=O) groups is 3. The van der Waals surface area contributed by atoms with Crippen LogP contribution in [0.3, 0.4) is 0 Å². The standard InChI is InChI=1S/C15H21N3O3/c1-9-5-7-13(8-6-9)18-15(21)11(3)17-14(20)10(2)16-12(4)19/h5-8,10-11H,1-4H3,(H,16,19)(H,17,20)(H,18,21)/t10-,11-/m1/s1. The Kier molecular flexibility index (Phi) is 5.90. The van der Waals surface area contributed by atoms with Crippen molar-refractivity contribution in [3.05, 3.63) is 29.8 Å². The van der Waals surface area contributed by atoms with Crippen LogP contribution in [0.15, 0.2) is 24.3 Å². The molecule has 6 heteroatoms. The molecule has 1 aromatic rings. The lowest BCUT2D eigenvalue weighted by atomic mass is 10.2. The van der Waals surface area contributed by atoms with Crippen LogP contribution in [-0.4, -0.2) is 29.8 Å². The van der Waals surface area contributed by atoms with E-state index in [1.165, 1.54) is 6.92 Å². The number of amides is 3. The summed E-state index contributed by atoms with van der Waals surface area (Å²) in [6.07, 6.45) is 0. The molecule has 0 aliphatic heterocycles. The monoisotopic (exact) mass is 291 g/mol. The SMILES string of the molecule is CC(=O)N[C@H](C)C(=O)N[C@H](C)C(=O)Nc1ccc(C)cc1. The molecule has 0 fully saturated rings. The molecule has 0 unspecified atom stereocenters. The molecule has 0 radical (unpaired) electrons. The molecule has 114 valence electrons. The van der Waals surface area contributed by atoms with E-state index in [4.69, 9.17) is 0 Å². The first-order chi connectivity index (χ1) is 9.79. The smallest absolute Gasteiger partial charge is 0.246 e. The molecule has 0 aromatic heterocycles. The van der Waals surface area contributed by atoms with Crippen LogP contribution in [0.1, 0.15) is 26.3 Å². The second kappa shape index (κ2) is 7.42. The van der Waals surface area contributed by atoms with E-state index >= 15 is 0 Å². The number of anilines is 1. The first-order valence-electron chi connectivity index (χ1n) is 6.74. The summed E-state index contributed by atoms with van der Waals surface area (Å²) in [5.74, 6) is -1.02. The minimum atomic E-state index is -0.699. The van der Waals surface area contributed by atoms with Crippen molar-refractivity contribution in [1.29, 1.82) is 0 Å². The zero-order valence-electron chi connectivity index (χ0n) is 12.7.